The van der Waals surface area contributed by atoms with E-state index in [9.17, 15) is 18.7 Å². The average molecular weight is 458 g/mol. The molecule has 1 aromatic heterocycles. The third-order valence-corrected chi connectivity index (χ3v) is 4.83. The lowest BCUT2D eigenvalue weighted by molar-refractivity contribution is 0.0134. The second-order valence-electron chi connectivity index (χ2n) is 9.45. The molecule has 1 amide bonds. The summed E-state index contributed by atoms with van der Waals surface area (Å²) in [5.74, 6) is -0.959. The number of nitrogens with one attached hydrogen (secondary N) is 1. The number of imidazole rings is 1. The van der Waals surface area contributed by atoms with Crippen LogP contribution in [0.5, 0.6) is 0 Å². The number of amides is 1. The van der Waals surface area contributed by atoms with Crippen LogP contribution in [0.3, 0.4) is 0 Å². The van der Waals surface area contributed by atoms with Crippen LogP contribution in [0.4, 0.5) is 13.6 Å². The first kappa shape index (κ1) is 24.4. The van der Waals surface area contributed by atoms with E-state index in [2.05, 4.69) is 10.3 Å². The normalized spacial score (nSPS) is 13.0. The van der Waals surface area contributed by atoms with E-state index in [0.29, 0.717) is 6.54 Å². The molecule has 0 fully saturated rings. The maximum absolute atomic E-state index is 14.5. The van der Waals surface area contributed by atoms with Crippen molar-refractivity contribution in [3.8, 4) is 11.3 Å². The lowest BCUT2D eigenvalue weighted by Gasteiger charge is -2.31. The zero-order chi connectivity index (χ0) is 24.4. The van der Waals surface area contributed by atoms with Gasteiger partial charge in [-0.15, -0.1) is 0 Å². The van der Waals surface area contributed by atoms with Crippen LogP contribution < -0.4 is 5.32 Å². The van der Waals surface area contributed by atoms with Crippen molar-refractivity contribution in [1.82, 2.24) is 14.9 Å². The fourth-order valence-electron chi connectivity index (χ4n) is 3.37. The summed E-state index contributed by atoms with van der Waals surface area (Å²) >= 11 is 0. The maximum atomic E-state index is 14.5. The topological polar surface area (TPSA) is 76.4 Å². The number of carbonyl (C=O) groups is 1. The summed E-state index contributed by atoms with van der Waals surface area (Å²) < 4.78 is 35.4. The Morgan fingerprint density at radius 1 is 1.12 bits per heavy atom. The third kappa shape index (κ3) is 6.38. The highest BCUT2D eigenvalue weighted by Gasteiger charge is 2.35. The van der Waals surface area contributed by atoms with Gasteiger partial charge in [0.15, 0.2) is 0 Å². The molecule has 176 valence electrons. The highest BCUT2D eigenvalue weighted by Crippen LogP contribution is 2.30. The molecule has 0 spiro atoms. The number of aliphatic hydroxyl groups is 1. The van der Waals surface area contributed by atoms with Crippen LogP contribution in [-0.2, 0) is 11.3 Å². The van der Waals surface area contributed by atoms with Crippen molar-refractivity contribution in [2.75, 3.05) is 0 Å². The largest absolute Gasteiger partial charge is 0.444 e. The van der Waals surface area contributed by atoms with Gasteiger partial charge >= 0.3 is 6.09 Å². The molecule has 0 aliphatic rings. The summed E-state index contributed by atoms with van der Waals surface area (Å²) in [6, 6.07) is 11.6. The molecule has 6 nitrogen and oxygen atoms in total. The Morgan fingerprint density at radius 3 is 2.39 bits per heavy atom. The minimum atomic E-state index is -1.45. The smallest absolute Gasteiger partial charge is 0.408 e. The summed E-state index contributed by atoms with van der Waals surface area (Å²) in [6.45, 7) is 8.58. The van der Waals surface area contributed by atoms with Gasteiger partial charge in [-0.1, -0.05) is 30.3 Å². The molecule has 2 N–H and O–H groups in total. The molecule has 3 aromatic rings. The average Bonchev–Trinajstić information content (AvgIpc) is 3.09. The zero-order valence-electron chi connectivity index (χ0n) is 19.4. The van der Waals surface area contributed by atoms with E-state index in [-0.39, 0.29) is 17.1 Å². The molecule has 0 bridgehead atoms. The number of rotatable bonds is 6. The van der Waals surface area contributed by atoms with Gasteiger partial charge in [-0.25, -0.2) is 18.6 Å². The van der Waals surface area contributed by atoms with Crippen molar-refractivity contribution in [2.45, 2.75) is 58.4 Å². The molecule has 3 rings (SSSR count). The maximum Gasteiger partial charge on any atom is 0.408 e. The first-order valence-electron chi connectivity index (χ1n) is 10.6. The summed E-state index contributed by atoms with van der Waals surface area (Å²) in [5.41, 5.74) is -1.11. The molecule has 0 saturated heterocycles. The van der Waals surface area contributed by atoms with Gasteiger partial charge in [-0.2, -0.15) is 0 Å². The molecule has 8 heteroatoms. The summed E-state index contributed by atoms with van der Waals surface area (Å²) in [5, 5.41) is 13.6. The molecule has 1 heterocycles. The zero-order valence-corrected chi connectivity index (χ0v) is 19.4. The Bertz CT molecular complexity index is 1120. The number of benzene rings is 2. The van der Waals surface area contributed by atoms with Crippen LogP contribution in [0.15, 0.2) is 54.7 Å². The number of aromatic nitrogens is 2. The third-order valence-electron chi connectivity index (χ3n) is 4.83. The molecule has 0 aliphatic carbocycles. The standard InChI is InChI=1S/C25H29F2N3O3/c1-24(2,3)33-23(31)29-21(25(4,5)32)22-28-20(18-13-17(26)11-12-19(18)27)15-30(22)14-16-9-7-6-8-10-16/h6-13,15,21,32H,14H2,1-5H3,(H,29,31). The van der Waals surface area contributed by atoms with Crippen molar-refractivity contribution in [1.29, 1.82) is 0 Å². The van der Waals surface area contributed by atoms with Crippen LogP contribution >= 0.6 is 0 Å². The minimum absolute atomic E-state index is 0.0187. The Hall–Kier alpha value is -3.26. The van der Waals surface area contributed by atoms with Crippen LogP contribution in [0.2, 0.25) is 0 Å². The lowest BCUT2D eigenvalue weighted by atomic mass is 9.98. The number of carbonyl (C=O) groups excluding carboxylic acids is 1. The number of ether oxygens (including phenoxy) is 1. The van der Waals surface area contributed by atoms with Crippen LogP contribution in [0.25, 0.3) is 11.3 Å². The number of alkyl carbamates (subject to hydrolysis) is 1. The Balaban J connectivity index is 2.10. The predicted molar refractivity (Wildman–Crippen MR) is 122 cm³/mol. The molecule has 1 atom stereocenters. The number of halogens is 2. The quantitative estimate of drug-likeness (QED) is 0.533. The SMILES string of the molecule is CC(C)(C)OC(=O)NC(c1nc(-c2cc(F)ccc2F)cn1Cc1ccccc1)C(C)(C)O. The van der Waals surface area contributed by atoms with Gasteiger partial charge in [0.2, 0.25) is 0 Å². The van der Waals surface area contributed by atoms with Gasteiger partial charge in [-0.05, 0) is 58.4 Å². The second kappa shape index (κ2) is 9.31. The van der Waals surface area contributed by atoms with Crippen LogP contribution in [0, 0.1) is 11.6 Å². The molecule has 0 radical (unpaired) electrons. The molecule has 1 unspecified atom stereocenters. The predicted octanol–water partition coefficient (Wildman–Crippen LogP) is 5.21. The fourth-order valence-corrected chi connectivity index (χ4v) is 3.37. The van der Waals surface area contributed by atoms with Gasteiger partial charge in [0.1, 0.15) is 29.1 Å². The highest BCUT2D eigenvalue weighted by atomic mass is 19.1. The molecule has 33 heavy (non-hydrogen) atoms. The number of hydrogen-bond donors (Lipinski definition) is 2. The van der Waals surface area contributed by atoms with Gasteiger partial charge < -0.3 is 19.7 Å². The van der Waals surface area contributed by atoms with Crippen LogP contribution in [-0.4, -0.2) is 32.0 Å². The van der Waals surface area contributed by atoms with E-state index in [4.69, 9.17) is 4.74 Å². The van der Waals surface area contributed by atoms with Gasteiger partial charge in [0.25, 0.3) is 0 Å². The molecule has 0 saturated carbocycles. The molecular weight excluding hydrogens is 428 g/mol. The molecule has 2 aromatic carbocycles. The van der Waals surface area contributed by atoms with Gasteiger partial charge in [0.05, 0.1) is 11.3 Å². The minimum Gasteiger partial charge on any atom is -0.444 e. The van der Waals surface area contributed by atoms with E-state index in [0.717, 1.165) is 23.8 Å². The van der Waals surface area contributed by atoms with E-state index >= 15 is 0 Å². The number of hydrogen-bond acceptors (Lipinski definition) is 4. The van der Waals surface area contributed by atoms with Crippen molar-refractivity contribution >= 4 is 6.09 Å². The van der Waals surface area contributed by atoms with Crippen molar-refractivity contribution in [3.63, 3.8) is 0 Å². The molecule has 0 aliphatic heterocycles. The van der Waals surface area contributed by atoms with Crippen molar-refractivity contribution < 1.29 is 23.4 Å². The summed E-state index contributed by atoms with van der Waals surface area (Å²) in [6.07, 6.45) is 0.845. The van der Waals surface area contributed by atoms with Gasteiger partial charge in [0, 0.05) is 18.3 Å². The Morgan fingerprint density at radius 2 is 1.79 bits per heavy atom. The van der Waals surface area contributed by atoms with Crippen LogP contribution in [0.1, 0.15) is 52.0 Å². The second-order valence-corrected chi connectivity index (χ2v) is 9.45. The number of nitrogens with zero attached hydrogens (tertiary/aromatic N) is 2. The van der Waals surface area contributed by atoms with Gasteiger partial charge in [-0.3, -0.25) is 0 Å². The van der Waals surface area contributed by atoms with E-state index in [1.165, 1.54) is 13.8 Å². The molecular formula is C25H29F2N3O3. The Labute approximate surface area is 192 Å². The van der Waals surface area contributed by atoms with Crippen molar-refractivity contribution in [3.05, 3.63) is 77.8 Å². The first-order chi connectivity index (χ1) is 15.3. The van der Waals surface area contributed by atoms with E-state index < -0.39 is 35.0 Å². The Kier molecular flexibility index (Phi) is 6.88. The van der Waals surface area contributed by atoms with Crippen molar-refractivity contribution in [2.24, 2.45) is 0 Å². The monoisotopic (exact) mass is 457 g/mol. The van der Waals surface area contributed by atoms with E-state index in [1.807, 2.05) is 30.3 Å². The lowest BCUT2D eigenvalue weighted by Crippen LogP contribution is -2.45. The first-order valence-corrected chi connectivity index (χ1v) is 10.6. The summed E-state index contributed by atoms with van der Waals surface area (Å²) in [4.78, 5) is 17.1. The fraction of sp³-hybridized carbons (Fsp3) is 0.360. The highest BCUT2D eigenvalue weighted by molar-refractivity contribution is 5.68. The van der Waals surface area contributed by atoms with E-state index in [1.54, 1.807) is 31.5 Å². The summed E-state index contributed by atoms with van der Waals surface area (Å²) in [7, 11) is 0.